The van der Waals surface area contributed by atoms with Crippen LogP contribution >= 0.6 is 0 Å². The summed E-state index contributed by atoms with van der Waals surface area (Å²) in [6, 6.07) is 66.2. The van der Waals surface area contributed by atoms with Crippen molar-refractivity contribution in [2.24, 2.45) is 4.99 Å². The van der Waals surface area contributed by atoms with E-state index in [-0.39, 0.29) is 0 Å². The molecule has 0 saturated carbocycles. The van der Waals surface area contributed by atoms with Gasteiger partial charge >= 0.3 is 0 Å². The molecule has 0 fully saturated rings. The standard InChI is InChI=1S/C54H35N/c1-33-11-3-8-20-49(33)55-54(48-19-7-6-18-43(48)45-30-26-40-24-22-36-13-10-15-38-28-32-47(45)53(40)51(36)38)34(2)41-16-4-5-17-42(41)44-29-25-39-23-21-35-12-9-14-37-27-31-46(44)52(39)50(35)37/h3-32H,2H2,1H3. The Kier molecular flexibility index (Phi) is 6.99. The van der Waals surface area contributed by atoms with E-state index in [1.54, 1.807) is 0 Å². The lowest BCUT2D eigenvalue weighted by Gasteiger charge is -2.21. The van der Waals surface area contributed by atoms with Gasteiger partial charge in [-0.25, -0.2) is 4.99 Å². The van der Waals surface area contributed by atoms with E-state index in [2.05, 4.69) is 189 Å². The number of rotatable bonds is 6. The minimum Gasteiger partial charge on any atom is -0.247 e. The minimum absolute atomic E-state index is 0.862. The molecular formula is C54H35N. The Hall–Kier alpha value is -7.09. The van der Waals surface area contributed by atoms with E-state index in [9.17, 15) is 0 Å². The van der Waals surface area contributed by atoms with Crippen LogP contribution in [0.4, 0.5) is 5.69 Å². The lowest BCUT2D eigenvalue weighted by atomic mass is 9.84. The molecule has 11 aromatic rings. The molecule has 256 valence electrons. The first kappa shape index (κ1) is 31.4. The molecule has 0 aromatic heterocycles. The molecule has 1 heteroatoms. The van der Waals surface area contributed by atoms with E-state index >= 15 is 0 Å². The van der Waals surface area contributed by atoms with Crippen LogP contribution in [0.3, 0.4) is 0 Å². The van der Waals surface area contributed by atoms with E-state index in [4.69, 9.17) is 11.6 Å². The van der Waals surface area contributed by atoms with Crippen molar-refractivity contribution in [2.75, 3.05) is 0 Å². The van der Waals surface area contributed by atoms with E-state index in [1.165, 1.54) is 75.8 Å². The maximum Gasteiger partial charge on any atom is 0.0788 e. The summed E-state index contributed by atoms with van der Waals surface area (Å²) in [4.78, 5) is 5.53. The van der Waals surface area contributed by atoms with Crippen LogP contribution in [0.15, 0.2) is 194 Å². The van der Waals surface area contributed by atoms with Gasteiger partial charge in [-0.15, -0.1) is 0 Å². The van der Waals surface area contributed by atoms with Gasteiger partial charge in [-0.3, -0.25) is 0 Å². The molecule has 0 radical (unpaired) electrons. The van der Waals surface area contributed by atoms with Crippen LogP contribution < -0.4 is 0 Å². The van der Waals surface area contributed by atoms with Crippen LogP contribution in [0.25, 0.3) is 92.5 Å². The smallest absolute Gasteiger partial charge is 0.0788 e. The molecule has 0 bridgehead atoms. The van der Waals surface area contributed by atoms with Crippen molar-refractivity contribution >= 4 is 81.6 Å². The van der Waals surface area contributed by atoms with E-state index < -0.39 is 0 Å². The summed E-state index contributed by atoms with van der Waals surface area (Å²) in [6.07, 6.45) is 0. The third-order valence-electron chi connectivity index (χ3n) is 11.7. The first-order chi connectivity index (χ1) is 27.1. The van der Waals surface area contributed by atoms with Crippen molar-refractivity contribution in [2.45, 2.75) is 6.92 Å². The van der Waals surface area contributed by atoms with Crippen LogP contribution in [-0.4, -0.2) is 5.71 Å². The Labute approximate surface area is 319 Å². The normalized spacial score (nSPS) is 12.3. The second kappa shape index (κ2) is 12.2. The average molecular weight is 698 g/mol. The zero-order chi connectivity index (χ0) is 36.6. The molecule has 0 amide bonds. The van der Waals surface area contributed by atoms with Gasteiger partial charge in [-0.1, -0.05) is 183 Å². The number of aliphatic imine (C=N–C) groups is 1. The molecular weight excluding hydrogens is 663 g/mol. The molecule has 0 aliphatic heterocycles. The molecule has 0 N–H and O–H groups in total. The van der Waals surface area contributed by atoms with E-state index in [0.29, 0.717) is 0 Å². The summed E-state index contributed by atoms with van der Waals surface area (Å²) < 4.78 is 0. The highest BCUT2D eigenvalue weighted by molar-refractivity contribution is 6.36. The number of aryl methyl sites for hydroxylation is 1. The van der Waals surface area contributed by atoms with Crippen molar-refractivity contribution in [1.29, 1.82) is 0 Å². The minimum atomic E-state index is 0.862. The summed E-state index contributed by atoms with van der Waals surface area (Å²) in [5.41, 5.74) is 10.6. The second-order valence-corrected chi connectivity index (χ2v) is 14.8. The van der Waals surface area contributed by atoms with Crippen molar-refractivity contribution in [3.63, 3.8) is 0 Å². The van der Waals surface area contributed by atoms with Gasteiger partial charge in [0.05, 0.1) is 11.4 Å². The van der Waals surface area contributed by atoms with Crippen molar-refractivity contribution < 1.29 is 0 Å². The van der Waals surface area contributed by atoms with E-state index in [0.717, 1.165) is 44.8 Å². The predicted molar refractivity (Wildman–Crippen MR) is 238 cm³/mol. The maximum absolute atomic E-state index is 5.53. The highest BCUT2D eigenvalue weighted by atomic mass is 14.8. The molecule has 0 atom stereocenters. The molecule has 1 nitrogen and oxygen atoms in total. The van der Waals surface area contributed by atoms with Gasteiger partial charge in [0, 0.05) is 11.1 Å². The molecule has 11 aromatic carbocycles. The summed E-state index contributed by atoms with van der Waals surface area (Å²) in [6.45, 7) is 7.04. The third kappa shape index (κ3) is 4.83. The molecule has 55 heavy (non-hydrogen) atoms. The van der Waals surface area contributed by atoms with Gasteiger partial charge in [-0.2, -0.15) is 0 Å². The Bertz CT molecular complexity index is 3310. The Morgan fingerprint density at radius 3 is 1.33 bits per heavy atom. The van der Waals surface area contributed by atoms with Gasteiger partial charge in [-0.05, 0) is 111 Å². The molecule has 0 spiro atoms. The first-order valence-electron chi connectivity index (χ1n) is 19.0. The van der Waals surface area contributed by atoms with Crippen LogP contribution in [0.5, 0.6) is 0 Å². The van der Waals surface area contributed by atoms with Gasteiger partial charge in [0.2, 0.25) is 0 Å². The van der Waals surface area contributed by atoms with Crippen molar-refractivity contribution in [3.8, 4) is 22.3 Å². The number of allylic oxidation sites excluding steroid dienone is 1. The van der Waals surface area contributed by atoms with Gasteiger partial charge in [0.1, 0.15) is 0 Å². The summed E-state index contributed by atoms with van der Waals surface area (Å²) in [5.74, 6) is 0. The molecule has 11 rings (SSSR count). The fraction of sp³-hybridized carbons (Fsp3) is 0.0185. The second-order valence-electron chi connectivity index (χ2n) is 14.8. The van der Waals surface area contributed by atoms with Crippen LogP contribution in [0.1, 0.15) is 16.7 Å². The molecule has 0 aliphatic rings. The third-order valence-corrected chi connectivity index (χ3v) is 11.7. The number of benzene rings is 11. The molecule has 0 heterocycles. The lowest BCUT2D eigenvalue weighted by Crippen LogP contribution is -2.07. The monoisotopic (exact) mass is 697 g/mol. The number of para-hydroxylation sites is 1. The zero-order valence-corrected chi connectivity index (χ0v) is 30.5. The van der Waals surface area contributed by atoms with Gasteiger partial charge in [0.15, 0.2) is 0 Å². The first-order valence-corrected chi connectivity index (χ1v) is 19.0. The topological polar surface area (TPSA) is 12.4 Å². The summed E-state index contributed by atoms with van der Waals surface area (Å²) in [7, 11) is 0. The number of hydrogen-bond acceptors (Lipinski definition) is 1. The van der Waals surface area contributed by atoms with Gasteiger partial charge < -0.3 is 0 Å². The summed E-state index contributed by atoms with van der Waals surface area (Å²) >= 11 is 0. The lowest BCUT2D eigenvalue weighted by molar-refractivity contribution is 1.39. The number of hydrogen-bond donors (Lipinski definition) is 0. The molecule has 0 aliphatic carbocycles. The Morgan fingerprint density at radius 2 is 0.782 bits per heavy atom. The SMILES string of the molecule is C=C(C(=Nc1ccccc1C)c1ccccc1-c1ccc2ccc3cccc4ccc1c2c34)c1ccccc1-c1ccc2ccc3cccc4ccc1c2c34. The highest BCUT2D eigenvalue weighted by Gasteiger charge is 2.22. The van der Waals surface area contributed by atoms with Crippen LogP contribution in [0, 0.1) is 6.92 Å². The Morgan fingerprint density at radius 1 is 0.364 bits per heavy atom. The Balaban J connectivity index is 1.15. The molecule has 0 saturated heterocycles. The number of nitrogens with zero attached hydrogens (tertiary/aromatic N) is 1. The average Bonchev–Trinajstić information content (AvgIpc) is 3.24. The van der Waals surface area contributed by atoms with E-state index in [1.807, 2.05) is 0 Å². The predicted octanol–water partition coefficient (Wildman–Crippen LogP) is 15.0. The van der Waals surface area contributed by atoms with Crippen molar-refractivity contribution in [1.82, 2.24) is 0 Å². The van der Waals surface area contributed by atoms with Crippen LogP contribution in [-0.2, 0) is 0 Å². The summed E-state index contributed by atoms with van der Waals surface area (Å²) in [5, 5.41) is 15.3. The highest BCUT2D eigenvalue weighted by Crippen LogP contribution is 2.44. The zero-order valence-electron chi connectivity index (χ0n) is 30.5. The van der Waals surface area contributed by atoms with Gasteiger partial charge in [0.25, 0.3) is 0 Å². The largest absolute Gasteiger partial charge is 0.247 e. The maximum atomic E-state index is 5.53. The fourth-order valence-electron chi connectivity index (χ4n) is 9.07. The van der Waals surface area contributed by atoms with Crippen molar-refractivity contribution in [3.05, 3.63) is 205 Å². The molecule has 0 unspecified atom stereocenters. The fourth-order valence-corrected chi connectivity index (χ4v) is 9.07. The quantitative estimate of drug-likeness (QED) is 0.121. The van der Waals surface area contributed by atoms with Crippen LogP contribution in [0.2, 0.25) is 0 Å².